The summed E-state index contributed by atoms with van der Waals surface area (Å²) < 4.78 is 46.5. The van der Waals surface area contributed by atoms with Gasteiger partial charge in [-0.3, -0.25) is 4.90 Å². The van der Waals surface area contributed by atoms with Gasteiger partial charge >= 0.3 is 6.18 Å². The van der Waals surface area contributed by atoms with Crippen LogP contribution in [-0.2, 0) is 9.47 Å². The Morgan fingerprint density at radius 1 is 1.12 bits per heavy atom. The molecular weight excluding hydrogens is 237 g/mol. The molecule has 0 aromatic rings. The van der Waals surface area contributed by atoms with Crippen molar-refractivity contribution in [3.05, 3.63) is 0 Å². The molecular formula is C10H21F3N2O2. The first-order valence-electron chi connectivity index (χ1n) is 5.55. The van der Waals surface area contributed by atoms with Crippen LogP contribution in [0, 0.1) is 0 Å². The molecule has 0 aliphatic rings. The van der Waals surface area contributed by atoms with Gasteiger partial charge in [0.05, 0.1) is 19.8 Å². The van der Waals surface area contributed by atoms with Gasteiger partial charge < -0.3 is 15.2 Å². The van der Waals surface area contributed by atoms with Gasteiger partial charge in [-0.15, -0.1) is 0 Å². The first kappa shape index (κ1) is 16.6. The quantitative estimate of drug-likeness (QED) is 0.590. The second-order valence-corrected chi connectivity index (χ2v) is 3.64. The van der Waals surface area contributed by atoms with E-state index in [-0.39, 0.29) is 13.1 Å². The van der Waals surface area contributed by atoms with Gasteiger partial charge in [-0.25, -0.2) is 0 Å². The van der Waals surface area contributed by atoms with Crippen molar-refractivity contribution in [2.75, 3.05) is 53.1 Å². The second-order valence-electron chi connectivity index (χ2n) is 3.64. The monoisotopic (exact) mass is 258 g/mol. The van der Waals surface area contributed by atoms with E-state index in [9.17, 15) is 13.2 Å². The maximum atomic E-state index is 12.2. The fraction of sp³-hybridized carbons (Fsp3) is 1.00. The number of hydrogen-bond acceptors (Lipinski definition) is 4. The number of nitrogens with zero attached hydrogens (tertiary/aromatic N) is 1. The number of methoxy groups -OCH3 is 1. The van der Waals surface area contributed by atoms with Crippen LogP contribution in [0.1, 0.15) is 6.42 Å². The van der Waals surface area contributed by atoms with E-state index in [4.69, 9.17) is 15.2 Å². The summed E-state index contributed by atoms with van der Waals surface area (Å²) in [6.07, 6.45) is -3.62. The molecule has 7 heteroatoms. The lowest BCUT2D eigenvalue weighted by Gasteiger charge is -2.22. The maximum absolute atomic E-state index is 12.2. The van der Waals surface area contributed by atoms with Crippen LogP contribution in [0.3, 0.4) is 0 Å². The molecule has 0 heterocycles. The fourth-order valence-corrected chi connectivity index (χ4v) is 1.34. The molecule has 0 saturated heterocycles. The summed E-state index contributed by atoms with van der Waals surface area (Å²) in [5, 5.41) is 0. The Morgan fingerprint density at radius 2 is 1.82 bits per heavy atom. The third kappa shape index (κ3) is 11.9. The first-order valence-corrected chi connectivity index (χ1v) is 5.55. The average Bonchev–Trinajstić information content (AvgIpc) is 2.21. The van der Waals surface area contributed by atoms with E-state index in [1.54, 1.807) is 7.11 Å². The van der Waals surface area contributed by atoms with Crippen molar-refractivity contribution in [1.82, 2.24) is 4.90 Å². The molecule has 4 nitrogen and oxygen atoms in total. The number of alkyl halides is 3. The molecule has 0 rings (SSSR count). The van der Waals surface area contributed by atoms with E-state index in [2.05, 4.69) is 0 Å². The molecule has 0 atom stereocenters. The van der Waals surface area contributed by atoms with Gasteiger partial charge in [-0.05, 0) is 6.42 Å². The number of hydrogen-bond donors (Lipinski definition) is 1. The largest absolute Gasteiger partial charge is 0.401 e. The van der Waals surface area contributed by atoms with Crippen molar-refractivity contribution in [2.45, 2.75) is 12.6 Å². The molecule has 0 fully saturated rings. The zero-order chi connectivity index (χ0) is 13.1. The molecule has 2 N–H and O–H groups in total. The third-order valence-electron chi connectivity index (χ3n) is 2.04. The molecule has 0 aromatic carbocycles. The van der Waals surface area contributed by atoms with Gasteiger partial charge in [0.1, 0.15) is 0 Å². The minimum absolute atomic E-state index is 0.223. The molecule has 0 spiro atoms. The second kappa shape index (κ2) is 9.64. The minimum Gasteiger partial charge on any atom is -0.382 e. The van der Waals surface area contributed by atoms with Crippen LogP contribution in [0.25, 0.3) is 0 Å². The van der Waals surface area contributed by atoms with Crippen molar-refractivity contribution in [3.8, 4) is 0 Å². The highest BCUT2D eigenvalue weighted by Gasteiger charge is 2.29. The van der Waals surface area contributed by atoms with Crippen LogP contribution in [0.15, 0.2) is 0 Å². The van der Waals surface area contributed by atoms with Crippen LogP contribution in [-0.4, -0.2) is 64.2 Å². The fourth-order valence-electron chi connectivity index (χ4n) is 1.34. The van der Waals surface area contributed by atoms with E-state index >= 15 is 0 Å². The Kier molecular flexibility index (Phi) is 9.43. The molecule has 0 aliphatic heterocycles. The summed E-state index contributed by atoms with van der Waals surface area (Å²) in [5.74, 6) is 0. The Bertz CT molecular complexity index is 179. The van der Waals surface area contributed by atoms with E-state index in [1.807, 2.05) is 0 Å². The van der Waals surface area contributed by atoms with Gasteiger partial charge in [-0.2, -0.15) is 13.2 Å². The molecule has 0 aromatic heterocycles. The SMILES string of the molecule is COCCOCCCN(CCN)CC(F)(F)F. The standard InChI is InChI=1S/C10H21F3N2O2/c1-16-7-8-17-6-2-4-15(5-3-14)9-10(11,12)13/h2-9,14H2,1H3. The van der Waals surface area contributed by atoms with Crippen LogP contribution >= 0.6 is 0 Å². The molecule has 0 bridgehead atoms. The highest BCUT2D eigenvalue weighted by atomic mass is 19.4. The zero-order valence-corrected chi connectivity index (χ0v) is 10.1. The van der Waals surface area contributed by atoms with Gasteiger partial charge in [0.2, 0.25) is 0 Å². The average molecular weight is 258 g/mol. The van der Waals surface area contributed by atoms with Gasteiger partial charge in [-0.1, -0.05) is 0 Å². The van der Waals surface area contributed by atoms with Crippen molar-refractivity contribution < 1.29 is 22.6 Å². The van der Waals surface area contributed by atoms with Crippen LogP contribution < -0.4 is 5.73 Å². The summed E-state index contributed by atoms with van der Waals surface area (Å²) in [6.45, 7) is 1.29. The summed E-state index contributed by atoms with van der Waals surface area (Å²) in [6, 6.07) is 0. The lowest BCUT2D eigenvalue weighted by Crippen LogP contribution is -2.38. The molecule has 0 saturated carbocycles. The van der Waals surface area contributed by atoms with E-state index in [0.717, 1.165) is 0 Å². The zero-order valence-electron chi connectivity index (χ0n) is 10.1. The van der Waals surface area contributed by atoms with Crippen LogP contribution in [0.2, 0.25) is 0 Å². The molecule has 17 heavy (non-hydrogen) atoms. The molecule has 0 unspecified atom stereocenters. The van der Waals surface area contributed by atoms with Gasteiger partial charge in [0.25, 0.3) is 0 Å². The Balaban J connectivity index is 3.63. The first-order chi connectivity index (χ1) is 7.99. The molecule has 0 amide bonds. The smallest absolute Gasteiger partial charge is 0.382 e. The van der Waals surface area contributed by atoms with Gasteiger partial charge in [0, 0.05) is 33.4 Å². The van der Waals surface area contributed by atoms with Crippen molar-refractivity contribution in [3.63, 3.8) is 0 Å². The van der Waals surface area contributed by atoms with Crippen molar-refractivity contribution in [1.29, 1.82) is 0 Å². The lowest BCUT2D eigenvalue weighted by atomic mass is 10.3. The third-order valence-corrected chi connectivity index (χ3v) is 2.04. The lowest BCUT2D eigenvalue weighted by molar-refractivity contribution is -0.146. The summed E-state index contributed by atoms with van der Waals surface area (Å²) in [7, 11) is 1.57. The molecule has 0 aliphatic carbocycles. The summed E-state index contributed by atoms with van der Waals surface area (Å²) in [5.41, 5.74) is 5.26. The van der Waals surface area contributed by atoms with Crippen LogP contribution in [0.5, 0.6) is 0 Å². The number of halogens is 3. The maximum Gasteiger partial charge on any atom is 0.401 e. The van der Waals surface area contributed by atoms with Crippen molar-refractivity contribution >= 4 is 0 Å². The van der Waals surface area contributed by atoms with Crippen molar-refractivity contribution in [2.24, 2.45) is 5.73 Å². The van der Waals surface area contributed by atoms with E-state index < -0.39 is 12.7 Å². The highest BCUT2D eigenvalue weighted by Crippen LogP contribution is 2.16. The normalized spacial score (nSPS) is 12.4. The Hall–Kier alpha value is -0.370. The highest BCUT2D eigenvalue weighted by molar-refractivity contribution is 4.63. The number of rotatable bonds is 10. The van der Waals surface area contributed by atoms with E-state index in [1.165, 1.54) is 4.90 Å². The van der Waals surface area contributed by atoms with Gasteiger partial charge in [0.15, 0.2) is 0 Å². The van der Waals surface area contributed by atoms with Crippen LogP contribution in [0.4, 0.5) is 13.2 Å². The number of nitrogens with two attached hydrogens (primary N) is 1. The minimum atomic E-state index is -4.17. The predicted octanol–water partition coefficient (Wildman–Crippen LogP) is 0.862. The summed E-state index contributed by atoms with van der Waals surface area (Å²) >= 11 is 0. The molecule has 0 radical (unpaired) electrons. The summed E-state index contributed by atoms with van der Waals surface area (Å²) in [4.78, 5) is 1.29. The predicted molar refractivity (Wildman–Crippen MR) is 58.9 cm³/mol. The Labute approximate surface area is 99.8 Å². The Morgan fingerprint density at radius 3 is 2.35 bits per heavy atom. The molecule has 104 valence electrons. The topological polar surface area (TPSA) is 47.7 Å². The van der Waals surface area contributed by atoms with E-state index in [0.29, 0.717) is 32.8 Å². The number of ether oxygens (including phenoxy) is 2.